The summed E-state index contributed by atoms with van der Waals surface area (Å²) in [5.41, 5.74) is 8.14. The maximum atomic E-state index is 6.29. The molecule has 0 aromatic heterocycles. The smallest absolute Gasteiger partial charge is 0.165 e. The van der Waals surface area contributed by atoms with Crippen LogP contribution in [-0.2, 0) is 0 Å². The second-order valence-electron chi connectivity index (χ2n) is 4.11. The molecule has 2 N–H and O–H groups in total. The summed E-state index contributed by atoms with van der Waals surface area (Å²) in [6.07, 6.45) is 0. The number of benzene rings is 2. The maximum absolute atomic E-state index is 6.29. The van der Waals surface area contributed by atoms with Gasteiger partial charge < -0.3 is 15.2 Å². The minimum atomic E-state index is -0.290. The largest absolute Gasteiger partial charge is 0.493 e. The van der Waals surface area contributed by atoms with E-state index >= 15 is 0 Å². The second kappa shape index (κ2) is 5.95. The lowest BCUT2D eigenvalue weighted by Crippen LogP contribution is -2.13. The molecule has 2 rings (SSSR count). The zero-order valence-corrected chi connectivity index (χ0v) is 11.6. The number of hydrogen-bond donors (Lipinski definition) is 1. The molecule has 0 saturated carbocycles. The van der Waals surface area contributed by atoms with E-state index in [0.717, 1.165) is 11.1 Å². The number of methoxy groups -OCH3 is 2. The fraction of sp³-hybridized carbons (Fsp3) is 0.200. The van der Waals surface area contributed by atoms with E-state index in [2.05, 4.69) is 0 Å². The van der Waals surface area contributed by atoms with E-state index in [1.165, 1.54) is 0 Å². The molecule has 0 aliphatic heterocycles. The topological polar surface area (TPSA) is 44.5 Å². The Bertz CT molecular complexity index is 555. The van der Waals surface area contributed by atoms with E-state index in [0.29, 0.717) is 16.5 Å². The Balaban J connectivity index is 2.43. The number of halogens is 1. The highest BCUT2D eigenvalue weighted by atomic mass is 35.5. The van der Waals surface area contributed by atoms with Crippen LogP contribution in [0.1, 0.15) is 17.2 Å². The van der Waals surface area contributed by atoms with Crippen molar-refractivity contribution < 1.29 is 9.47 Å². The van der Waals surface area contributed by atoms with E-state index in [-0.39, 0.29) is 6.04 Å². The van der Waals surface area contributed by atoms with Crippen LogP contribution in [0, 0.1) is 0 Å². The molecule has 0 aliphatic rings. The first kappa shape index (κ1) is 13.7. The van der Waals surface area contributed by atoms with Gasteiger partial charge in [-0.15, -0.1) is 0 Å². The lowest BCUT2D eigenvalue weighted by Gasteiger charge is -2.18. The number of ether oxygens (including phenoxy) is 2. The molecule has 0 bridgehead atoms. The van der Waals surface area contributed by atoms with E-state index in [1.807, 2.05) is 42.5 Å². The van der Waals surface area contributed by atoms with Gasteiger partial charge in [-0.05, 0) is 23.8 Å². The van der Waals surface area contributed by atoms with Crippen molar-refractivity contribution in [1.82, 2.24) is 0 Å². The first-order valence-electron chi connectivity index (χ1n) is 5.89. The van der Waals surface area contributed by atoms with Crippen LogP contribution in [0.3, 0.4) is 0 Å². The number of hydrogen-bond acceptors (Lipinski definition) is 3. The zero-order chi connectivity index (χ0) is 13.8. The lowest BCUT2D eigenvalue weighted by atomic mass is 9.98. The third-order valence-electron chi connectivity index (χ3n) is 3.00. The number of nitrogens with two attached hydrogens (primary N) is 1. The molecule has 1 atom stereocenters. The van der Waals surface area contributed by atoms with Crippen molar-refractivity contribution in [1.29, 1.82) is 0 Å². The summed E-state index contributed by atoms with van der Waals surface area (Å²) < 4.78 is 10.7. The molecule has 3 nitrogen and oxygen atoms in total. The average molecular weight is 278 g/mol. The molecule has 2 aromatic rings. The minimum Gasteiger partial charge on any atom is -0.493 e. The van der Waals surface area contributed by atoms with Crippen LogP contribution < -0.4 is 15.2 Å². The number of rotatable bonds is 4. The summed E-state index contributed by atoms with van der Waals surface area (Å²) in [4.78, 5) is 0. The zero-order valence-electron chi connectivity index (χ0n) is 10.9. The Morgan fingerprint density at radius 2 is 1.68 bits per heavy atom. The van der Waals surface area contributed by atoms with E-state index in [9.17, 15) is 0 Å². The fourth-order valence-electron chi connectivity index (χ4n) is 2.01. The summed E-state index contributed by atoms with van der Waals surface area (Å²) in [7, 11) is 3.21. The Kier molecular flexibility index (Phi) is 4.30. The molecule has 0 fully saturated rings. The van der Waals surface area contributed by atoms with Crippen LogP contribution in [0.4, 0.5) is 0 Å². The fourth-order valence-corrected chi connectivity index (χ4v) is 2.13. The molecule has 4 heteroatoms. The molecule has 0 heterocycles. The van der Waals surface area contributed by atoms with Gasteiger partial charge in [0, 0.05) is 10.6 Å². The van der Waals surface area contributed by atoms with Gasteiger partial charge in [0.2, 0.25) is 0 Å². The molecule has 1 unspecified atom stereocenters. The highest BCUT2D eigenvalue weighted by Crippen LogP contribution is 2.36. The van der Waals surface area contributed by atoms with Crippen molar-refractivity contribution in [3.8, 4) is 11.5 Å². The summed E-state index contributed by atoms with van der Waals surface area (Å²) in [6, 6.07) is 12.8. The normalized spacial score (nSPS) is 12.0. The van der Waals surface area contributed by atoms with Crippen LogP contribution >= 0.6 is 11.6 Å². The molecule has 0 saturated heterocycles. The molecule has 100 valence electrons. The molecule has 19 heavy (non-hydrogen) atoms. The van der Waals surface area contributed by atoms with Crippen molar-refractivity contribution in [2.24, 2.45) is 5.73 Å². The van der Waals surface area contributed by atoms with Crippen LogP contribution in [0.2, 0.25) is 5.02 Å². The Labute approximate surface area is 117 Å². The van der Waals surface area contributed by atoms with Crippen LogP contribution in [0.25, 0.3) is 0 Å². The summed E-state index contributed by atoms with van der Waals surface area (Å²) in [5.74, 6) is 1.33. The van der Waals surface area contributed by atoms with Crippen LogP contribution in [0.5, 0.6) is 11.5 Å². The monoisotopic (exact) mass is 277 g/mol. The van der Waals surface area contributed by atoms with Gasteiger partial charge in [-0.1, -0.05) is 35.9 Å². The third kappa shape index (κ3) is 2.83. The second-order valence-corrected chi connectivity index (χ2v) is 4.55. The standard InChI is InChI=1S/C15H16ClNO2/c1-18-13-5-3-4-12(15(13)19-2)14(17)10-6-8-11(16)9-7-10/h3-9,14H,17H2,1-2H3. The van der Waals surface area contributed by atoms with Gasteiger partial charge in [-0.2, -0.15) is 0 Å². The Hall–Kier alpha value is -1.71. The Morgan fingerprint density at radius 1 is 1.00 bits per heavy atom. The highest BCUT2D eigenvalue weighted by molar-refractivity contribution is 6.30. The van der Waals surface area contributed by atoms with Crippen molar-refractivity contribution in [2.45, 2.75) is 6.04 Å². The van der Waals surface area contributed by atoms with Gasteiger partial charge >= 0.3 is 0 Å². The third-order valence-corrected chi connectivity index (χ3v) is 3.25. The van der Waals surface area contributed by atoms with Gasteiger partial charge in [0.15, 0.2) is 11.5 Å². The van der Waals surface area contributed by atoms with Gasteiger partial charge in [0.25, 0.3) is 0 Å². The SMILES string of the molecule is COc1cccc(C(N)c2ccc(Cl)cc2)c1OC. The molecule has 0 spiro atoms. The highest BCUT2D eigenvalue weighted by Gasteiger charge is 2.17. The van der Waals surface area contributed by atoms with Crippen molar-refractivity contribution >= 4 is 11.6 Å². The van der Waals surface area contributed by atoms with Gasteiger partial charge in [0.05, 0.1) is 20.3 Å². The van der Waals surface area contributed by atoms with E-state index in [4.69, 9.17) is 26.8 Å². The summed E-state index contributed by atoms with van der Waals surface area (Å²) in [5, 5.41) is 0.688. The summed E-state index contributed by atoms with van der Waals surface area (Å²) >= 11 is 5.88. The quantitative estimate of drug-likeness (QED) is 0.931. The average Bonchev–Trinajstić information content (AvgIpc) is 2.46. The first-order valence-corrected chi connectivity index (χ1v) is 6.27. The molecule has 0 radical (unpaired) electrons. The predicted molar refractivity (Wildman–Crippen MR) is 77.0 cm³/mol. The maximum Gasteiger partial charge on any atom is 0.165 e. The number of para-hydroxylation sites is 1. The summed E-state index contributed by atoms with van der Waals surface area (Å²) in [6.45, 7) is 0. The molecule has 0 aliphatic carbocycles. The van der Waals surface area contributed by atoms with Crippen LogP contribution in [-0.4, -0.2) is 14.2 Å². The van der Waals surface area contributed by atoms with Gasteiger partial charge in [0.1, 0.15) is 0 Å². The minimum absolute atomic E-state index is 0.290. The van der Waals surface area contributed by atoms with Gasteiger partial charge in [-0.3, -0.25) is 0 Å². The van der Waals surface area contributed by atoms with Crippen molar-refractivity contribution in [3.63, 3.8) is 0 Å². The van der Waals surface area contributed by atoms with E-state index < -0.39 is 0 Å². The molecular formula is C15H16ClNO2. The van der Waals surface area contributed by atoms with Gasteiger partial charge in [-0.25, -0.2) is 0 Å². The molecular weight excluding hydrogens is 262 g/mol. The van der Waals surface area contributed by atoms with Crippen LogP contribution in [0.15, 0.2) is 42.5 Å². The molecule has 0 amide bonds. The van der Waals surface area contributed by atoms with E-state index in [1.54, 1.807) is 14.2 Å². The predicted octanol–water partition coefficient (Wildman–Crippen LogP) is 3.41. The van der Waals surface area contributed by atoms with Crippen molar-refractivity contribution in [3.05, 3.63) is 58.6 Å². The van der Waals surface area contributed by atoms with Crippen molar-refractivity contribution in [2.75, 3.05) is 14.2 Å². The Morgan fingerprint density at radius 3 is 2.26 bits per heavy atom. The molecule has 2 aromatic carbocycles. The lowest BCUT2D eigenvalue weighted by molar-refractivity contribution is 0.350. The first-order chi connectivity index (χ1) is 9.17.